The lowest BCUT2D eigenvalue weighted by Crippen LogP contribution is -2.38. The average molecular weight is 346 g/mol. The van der Waals surface area contributed by atoms with Crippen LogP contribution >= 0.6 is 11.6 Å². The third-order valence-corrected chi connectivity index (χ3v) is 4.59. The Morgan fingerprint density at radius 3 is 2.67 bits per heavy atom. The number of pyridine rings is 1. The normalized spacial score (nSPS) is 20.0. The predicted molar refractivity (Wildman–Crippen MR) is 94.8 cm³/mol. The second-order valence-corrected chi connectivity index (χ2v) is 6.31. The van der Waals surface area contributed by atoms with Crippen molar-refractivity contribution in [1.29, 1.82) is 0 Å². The first-order valence-corrected chi connectivity index (χ1v) is 8.23. The number of anilines is 1. The lowest BCUT2D eigenvalue weighted by molar-refractivity contribution is -0.119. The molecular formula is C18H20ClN3O2. The third-order valence-electron chi connectivity index (χ3n) is 4.29. The largest absolute Gasteiger partial charge is 0.497 e. The number of rotatable bonds is 4. The third kappa shape index (κ3) is 3.46. The molecule has 5 nitrogen and oxygen atoms in total. The van der Waals surface area contributed by atoms with Gasteiger partial charge in [-0.2, -0.15) is 0 Å². The summed E-state index contributed by atoms with van der Waals surface area (Å²) in [4.78, 5) is 18.1. The first kappa shape index (κ1) is 16.6. The van der Waals surface area contributed by atoms with Gasteiger partial charge in [0.1, 0.15) is 11.6 Å². The molecule has 0 unspecified atom stereocenters. The van der Waals surface area contributed by atoms with Gasteiger partial charge in [-0.25, -0.2) is 4.98 Å². The fourth-order valence-electron chi connectivity index (χ4n) is 3.18. The van der Waals surface area contributed by atoms with Crippen molar-refractivity contribution in [3.63, 3.8) is 0 Å². The minimum Gasteiger partial charge on any atom is -0.497 e. The standard InChI is InChI=1S/C18H20ClN3O2/c1-12(23)21-17-11-22(18-16(19)4-3-9-20-18)10-15(17)13-5-7-14(24-2)8-6-13/h3-9,15,17H,10-11H2,1-2H3,(H,21,23)/t15-,17+/m0/s1. The molecule has 0 bridgehead atoms. The first-order valence-electron chi connectivity index (χ1n) is 7.85. The fourth-order valence-corrected chi connectivity index (χ4v) is 3.42. The van der Waals surface area contributed by atoms with E-state index in [4.69, 9.17) is 16.3 Å². The summed E-state index contributed by atoms with van der Waals surface area (Å²) in [5, 5.41) is 3.68. The number of hydrogen-bond acceptors (Lipinski definition) is 4. The van der Waals surface area contributed by atoms with E-state index >= 15 is 0 Å². The van der Waals surface area contributed by atoms with Gasteiger partial charge in [-0.15, -0.1) is 0 Å². The summed E-state index contributed by atoms with van der Waals surface area (Å²) in [6.45, 7) is 2.96. The molecule has 0 aliphatic carbocycles. The molecule has 2 aromatic rings. The summed E-state index contributed by atoms with van der Waals surface area (Å²) in [6.07, 6.45) is 1.73. The Morgan fingerprint density at radius 1 is 1.29 bits per heavy atom. The Morgan fingerprint density at radius 2 is 2.04 bits per heavy atom. The van der Waals surface area contributed by atoms with Crippen LogP contribution < -0.4 is 15.0 Å². The molecule has 1 amide bonds. The molecule has 24 heavy (non-hydrogen) atoms. The molecule has 0 saturated carbocycles. The first-order chi connectivity index (χ1) is 11.6. The number of ether oxygens (including phenoxy) is 1. The van der Waals surface area contributed by atoms with E-state index < -0.39 is 0 Å². The van der Waals surface area contributed by atoms with E-state index in [2.05, 4.69) is 15.2 Å². The van der Waals surface area contributed by atoms with Gasteiger partial charge in [0.25, 0.3) is 0 Å². The number of nitrogens with zero attached hydrogens (tertiary/aromatic N) is 2. The number of carbonyl (C=O) groups is 1. The maximum Gasteiger partial charge on any atom is 0.217 e. The zero-order valence-electron chi connectivity index (χ0n) is 13.7. The van der Waals surface area contributed by atoms with Crippen molar-refractivity contribution in [3.05, 3.63) is 53.2 Å². The lowest BCUT2D eigenvalue weighted by atomic mass is 9.94. The van der Waals surface area contributed by atoms with Crippen molar-refractivity contribution in [2.75, 3.05) is 25.1 Å². The van der Waals surface area contributed by atoms with E-state index in [1.807, 2.05) is 36.4 Å². The highest BCUT2D eigenvalue weighted by molar-refractivity contribution is 6.32. The smallest absolute Gasteiger partial charge is 0.217 e. The Bertz CT molecular complexity index is 720. The molecule has 0 spiro atoms. The van der Waals surface area contributed by atoms with E-state index in [0.717, 1.165) is 23.7 Å². The predicted octanol–water partition coefficient (Wildman–Crippen LogP) is 2.85. The van der Waals surface area contributed by atoms with Crippen LogP contribution in [0.5, 0.6) is 5.75 Å². The number of hydrogen-bond donors (Lipinski definition) is 1. The van der Waals surface area contributed by atoms with Crippen LogP contribution in [0.2, 0.25) is 5.02 Å². The summed E-state index contributed by atoms with van der Waals surface area (Å²) in [5.74, 6) is 1.70. The van der Waals surface area contributed by atoms with Crippen molar-refractivity contribution >= 4 is 23.3 Å². The van der Waals surface area contributed by atoms with Gasteiger partial charge in [0.15, 0.2) is 0 Å². The van der Waals surface area contributed by atoms with Crippen LogP contribution in [-0.2, 0) is 4.79 Å². The molecule has 1 saturated heterocycles. The van der Waals surface area contributed by atoms with Crippen molar-refractivity contribution in [2.24, 2.45) is 0 Å². The van der Waals surface area contributed by atoms with Crippen LogP contribution in [0.15, 0.2) is 42.6 Å². The number of methoxy groups -OCH3 is 1. The quantitative estimate of drug-likeness (QED) is 0.925. The lowest BCUT2D eigenvalue weighted by Gasteiger charge is -2.19. The minimum absolute atomic E-state index is 0.00830. The second-order valence-electron chi connectivity index (χ2n) is 5.90. The fraction of sp³-hybridized carbons (Fsp3) is 0.333. The number of aromatic nitrogens is 1. The maximum atomic E-state index is 11.6. The highest BCUT2D eigenvalue weighted by Gasteiger charge is 2.35. The van der Waals surface area contributed by atoms with Crippen LogP contribution in [0.3, 0.4) is 0 Å². The number of amides is 1. The molecule has 6 heteroatoms. The van der Waals surface area contributed by atoms with Gasteiger partial charge >= 0.3 is 0 Å². The Hall–Kier alpha value is -2.27. The zero-order chi connectivity index (χ0) is 17.1. The molecule has 2 atom stereocenters. The summed E-state index contributed by atoms with van der Waals surface area (Å²) in [7, 11) is 1.65. The number of benzene rings is 1. The monoisotopic (exact) mass is 345 g/mol. The van der Waals surface area contributed by atoms with Crippen LogP contribution in [0.25, 0.3) is 0 Å². The van der Waals surface area contributed by atoms with Crippen molar-refractivity contribution in [1.82, 2.24) is 10.3 Å². The van der Waals surface area contributed by atoms with Gasteiger partial charge in [0.2, 0.25) is 5.91 Å². The van der Waals surface area contributed by atoms with E-state index in [0.29, 0.717) is 11.6 Å². The van der Waals surface area contributed by atoms with Crippen molar-refractivity contribution < 1.29 is 9.53 Å². The van der Waals surface area contributed by atoms with Crippen LogP contribution in [0, 0.1) is 0 Å². The molecule has 0 radical (unpaired) electrons. The van der Waals surface area contributed by atoms with E-state index in [-0.39, 0.29) is 17.9 Å². The maximum absolute atomic E-state index is 11.6. The molecule has 1 aromatic heterocycles. The van der Waals surface area contributed by atoms with Crippen molar-refractivity contribution in [3.8, 4) is 5.75 Å². The second kappa shape index (κ2) is 7.09. The van der Waals surface area contributed by atoms with E-state index in [1.54, 1.807) is 20.2 Å². The summed E-state index contributed by atoms with van der Waals surface area (Å²) >= 11 is 6.28. The van der Waals surface area contributed by atoms with Gasteiger partial charge < -0.3 is 15.0 Å². The molecule has 1 fully saturated rings. The molecular weight excluding hydrogens is 326 g/mol. The topological polar surface area (TPSA) is 54.5 Å². The van der Waals surface area contributed by atoms with E-state index in [9.17, 15) is 4.79 Å². The molecule has 1 aromatic carbocycles. The highest BCUT2D eigenvalue weighted by atomic mass is 35.5. The summed E-state index contributed by atoms with van der Waals surface area (Å²) in [6, 6.07) is 11.6. The molecule has 1 aliphatic rings. The van der Waals surface area contributed by atoms with Crippen LogP contribution in [-0.4, -0.2) is 37.1 Å². The van der Waals surface area contributed by atoms with Gasteiger partial charge in [0, 0.05) is 32.1 Å². The van der Waals surface area contributed by atoms with E-state index in [1.165, 1.54) is 0 Å². The average Bonchev–Trinajstić information content (AvgIpc) is 2.98. The van der Waals surface area contributed by atoms with Gasteiger partial charge in [0.05, 0.1) is 18.2 Å². The molecule has 2 heterocycles. The van der Waals surface area contributed by atoms with Gasteiger partial charge in [-0.05, 0) is 29.8 Å². The SMILES string of the molecule is COc1ccc([C@@H]2CN(c3ncccc3Cl)C[C@H]2NC(C)=O)cc1. The highest BCUT2D eigenvalue weighted by Crippen LogP contribution is 2.33. The van der Waals surface area contributed by atoms with Gasteiger partial charge in [-0.3, -0.25) is 4.79 Å². The molecule has 3 rings (SSSR count). The Balaban J connectivity index is 1.87. The number of carbonyl (C=O) groups excluding carboxylic acids is 1. The summed E-state index contributed by atoms with van der Waals surface area (Å²) in [5.41, 5.74) is 1.16. The zero-order valence-corrected chi connectivity index (χ0v) is 14.5. The van der Waals surface area contributed by atoms with Crippen molar-refractivity contribution in [2.45, 2.75) is 18.9 Å². The molecule has 1 aliphatic heterocycles. The van der Waals surface area contributed by atoms with Crippen LogP contribution in [0.4, 0.5) is 5.82 Å². The van der Waals surface area contributed by atoms with Crippen LogP contribution in [0.1, 0.15) is 18.4 Å². The Kier molecular flexibility index (Phi) is 4.90. The molecule has 1 N–H and O–H groups in total. The number of halogens is 1. The summed E-state index contributed by atoms with van der Waals surface area (Å²) < 4.78 is 5.22. The Labute approximate surface area is 146 Å². The minimum atomic E-state index is -0.0347. The number of nitrogens with one attached hydrogen (secondary N) is 1. The van der Waals surface area contributed by atoms with Gasteiger partial charge in [-0.1, -0.05) is 23.7 Å². The molecule has 126 valence electrons.